The van der Waals surface area contributed by atoms with E-state index in [4.69, 9.17) is 48.4 Å². The van der Waals surface area contributed by atoms with Gasteiger partial charge in [0.05, 0.1) is 32.0 Å². The predicted molar refractivity (Wildman–Crippen MR) is 200 cm³/mol. The van der Waals surface area contributed by atoms with Crippen molar-refractivity contribution in [2.24, 2.45) is 11.7 Å². The molecule has 0 aromatic rings. The summed E-state index contributed by atoms with van der Waals surface area (Å²) < 4.78 is 53.4. The Kier molecular flexibility index (Phi) is 18.7. The van der Waals surface area contributed by atoms with Crippen LogP contribution in [0.25, 0.3) is 0 Å². The fraction of sp³-hybridized carbons (Fsp3) is 0.889. The van der Waals surface area contributed by atoms with Crippen molar-refractivity contribution in [2.75, 3.05) is 33.0 Å². The van der Waals surface area contributed by atoms with Crippen molar-refractivity contribution in [3.63, 3.8) is 0 Å². The summed E-state index contributed by atoms with van der Waals surface area (Å²) in [6, 6.07) is -4.97. The van der Waals surface area contributed by atoms with Gasteiger partial charge in [-0.15, -0.1) is 0 Å². The van der Waals surface area contributed by atoms with E-state index in [1.165, 1.54) is 13.8 Å². The molecule has 0 saturated carbocycles. The van der Waals surface area contributed by atoms with Gasteiger partial charge in [-0.05, 0) is 6.92 Å². The number of aliphatic carboxylic acids is 1. The number of fused-ring (bicyclic) bond motifs is 1. The number of carbonyl (C=O) groups excluding carboxylic acids is 3. The highest BCUT2D eigenvalue weighted by Crippen LogP contribution is 2.41. The molecular weight excluding hydrogens is 840 g/mol. The number of nitrogens with two attached hydrogens (primary N) is 1. The van der Waals surface area contributed by atoms with Crippen molar-refractivity contribution < 1.29 is 108 Å². The van der Waals surface area contributed by atoms with Gasteiger partial charge in [-0.1, -0.05) is 6.92 Å². The number of ether oxygens (including phenoxy) is 9. The molecular formula is C36H62N4O22. The van der Waals surface area contributed by atoms with Crippen LogP contribution in [-0.4, -0.2) is 225 Å². The first-order valence-corrected chi connectivity index (χ1v) is 20.0. The Morgan fingerprint density at radius 1 is 0.758 bits per heavy atom. The predicted octanol–water partition coefficient (Wildman–Crippen LogP) is -7.21. The number of hydrogen-bond donors (Lipinski definition) is 13. The van der Waals surface area contributed by atoms with Crippen molar-refractivity contribution in [3.8, 4) is 0 Å². The summed E-state index contributed by atoms with van der Waals surface area (Å²) in [7, 11) is 0. The van der Waals surface area contributed by atoms with E-state index in [0.717, 1.165) is 27.7 Å². The number of carboxylic acids is 1. The van der Waals surface area contributed by atoms with Crippen molar-refractivity contribution in [1.82, 2.24) is 16.0 Å². The van der Waals surface area contributed by atoms with Gasteiger partial charge in [0, 0.05) is 46.8 Å². The van der Waals surface area contributed by atoms with Crippen LogP contribution in [0, 0.1) is 5.92 Å². The van der Waals surface area contributed by atoms with E-state index in [1.807, 2.05) is 0 Å². The van der Waals surface area contributed by atoms with E-state index in [0.29, 0.717) is 0 Å². The second-order valence-electron chi connectivity index (χ2n) is 15.7. The Hall–Kier alpha value is -2.84. The van der Waals surface area contributed by atoms with E-state index in [2.05, 4.69) is 16.0 Å². The van der Waals surface area contributed by atoms with Crippen LogP contribution in [0.2, 0.25) is 0 Å². The number of carbonyl (C=O) groups is 4. The van der Waals surface area contributed by atoms with Crippen LogP contribution in [0.15, 0.2) is 0 Å². The number of hydrogen-bond acceptors (Lipinski definition) is 22. The van der Waals surface area contributed by atoms with Crippen LogP contribution in [0.5, 0.6) is 0 Å². The van der Waals surface area contributed by atoms with E-state index >= 15 is 0 Å². The zero-order chi connectivity index (χ0) is 46.4. The molecule has 21 atom stereocenters. The molecule has 3 amide bonds. The van der Waals surface area contributed by atoms with Crippen LogP contribution in [0.3, 0.4) is 0 Å². The third kappa shape index (κ3) is 11.9. The quantitative estimate of drug-likeness (QED) is 0.0505. The molecule has 0 aliphatic carbocycles. The molecule has 4 saturated heterocycles. The summed E-state index contributed by atoms with van der Waals surface area (Å²) in [6.45, 7) is 4.79. The van der Waals surface area contributed by atoms with Gasteiger partial charge in [0.15, 0.2) is 25.2 Å². The highest BCUT2D eigenvalue weighted by Gasteiger charge is 2.62. The summed E-state index contributed by atoms with van der Waals surface area (Å²) in [5.41, 5.74) is 5.59. The lowest BCUT2D eigenvalue weighted by molar-refractivity contribution is -0.354. The molecule has 0 radical (unpaired) electrons. The van der Waals surface area contributed by atoms with Crippen molar-refractivity contribution in [2.45, 2.75) is 164 Å². The van der Waals surface area contributed by atoms with Gasteiger partial charge in [0.1, 0.15) is 79.2 Å². The summed E-state index contributed by atoms with van der Waals surface area (Å²) in [5.74, 6) is -7.02. The zero-order valence-electron chi connectivity index (χ0n) is 35.0. The van der Waals surface area contributed by atoms with E-state index in [-0.39, 0.29) is 13.2 Å². The molecule has 26 heteroatoms. The standard InChI is InChI=1S/C36H62N4O22/c1-12(9-41)22(47)25(50)19(38-14(3)44)31(51)58-27-20(39-15(4)45)32(55-13(2)23(27)48)60-28-21(40-16(5)46)33(56-17(10-42)24(28)49)59-26-18(11-43)57-34(54-8-7-37)30-29(26)61-36(6,62-30)35(52)53/h12-13,17-34,41-43,47-51H,7-11,37H2,1-6H3,(H,38,44)(H,39,45)(H,40,46)(H,52,53)/t12?,13?,17?,18?,19?,20?,21?,22?,23?,24?,25?,26?,27?,28?,29?,30?,31?,32?,33?,34?,36-/m0/s1. The van der Waals surface area contributed by atoms with Crippen LogP contribution >= 0.6 is 0 Å². The topological polar surface area (TPSA) is 396 Å². The molecule has 0 bridgehead atoms. The summed E-state index contributed by atoms with van der Waals surface area (Å²) in [5, 5.41) is 103. The Morgan fingerprint density at radius 2 is 1.31 bits per heavy atom. The summed E-state index contributed by atoms with van der Waals surface area (Å²) in [4.78, 5) is 49.8. The maximum Gasteiger partial charge on any atom is 0.364 e. The first kappa shape index (κ1) is 51.8. The van der Waals surface area contributed by atoms with Gasteiger partial charge >= 0.3 is 5.97 Å². The van der Waals surface area contributed by atoms with Gasteiger partial charge in [-0.25, -0.2) is 4.79 Å². The minimum atomic E-state index is -2.27. The summed E-state index contributed by atoms with van der Waals surface area (Å²) >= 11 is 0. The largest absolute Gasteiger partial charge is 0.477 e. The van der Waals surface area contributed by atoms with Gasteiger partial charge in [0.25, 0.3) is 5.79 Å². The third-order valence-corrected chi connectivity index (χ3v) is 10.8. The lowest BCUT2D eigenvalue weighted by Gasteiger charge is -2.50. The van der Waals surface area contributed by atoms with Crippen LogP contribution in [0.4, 0.5) is 0 Å². The SMILES string of the molecule is CC(=O)NC(C(O)OC1C(O)C(C)OC(OC2C(O)C(CO)OC(OC3C(CO)OC(OCCN)C4O[C@@](C)(C(=O)O)OC34)C2NC(C)=O)C1NC(C)=O)C(O)C(O)C(C)CO. The molecule has 358 valence electrons. The fourth-order valence-corrected chi connectivity index (χ4v) is 7.60. The van der Waals surface area contributed by atoms with Crippen molar-refractivity contribution in [1.29, 1.82) is 0 Å². The lowest BCUT2D eigenvalue weighted by Crippen LogP contribution is -2.71. The molecule has 62 heavy (non-hydrogen) atoms. The van der Waals surface area contributed by atoms with E-state index in [9.17, 15) is 65.1 Å². The Bertz CT molecular complexity index is 1500. The first-order valence-electron chi connectivity index (χ1n) is 20.0. The Morgan fingerprint density at radius 3 is 1.84 bits per heavy atom. The van der Waals surface area contributed by atoms with Crippen LogP contribution in [0.1, 0.15) is 41.5 Å². The van der Waals surface area contributed by atoms with E-state index in [1.54, 1.807) is 0 Å². The normalized spacial score (nSPS) is 39.7. The Balaban J connectivity index is 1.71. The second-order valence-corrected chi connectivity index (χ2v) is 15.7. The van der Waals surface area contributed by atoms with Gasteiger partial charge in [0.2, 0.25) is 17.7 Å². The smallest absolute Gasteiger partial charge is 0.364 e. The van der Waals surface area contributed by atoms with E-state index < -0.39 is 172 Å². The number of nitrogens with one attached hydrogen (secondary N) is 3. The molecule has 14 N–H and O–H groups in total. The monoisotopic (exact) mass is 902 g/mol. The highest BCUT2D eigenvalue weighted by atomic mass is 16.8. The van der Waals surface area contributed by atoms with Gasteiger partial charge in [-0.3, -0.25) is 14.4 Å². The number of rotatable bonds is 20. The van der Waals surface area contributed by atoms with Crippen LogP contribution < -0.4 is 21.7 Å². The average molecular weight is 903 g/mol. The maximum absolute atomic E-state index is 12.8. The molecule has 4 aliphatic heterocycles. The molecule has 0 aromatic heterocycles. The number of aliphatic hydroxyl groups excluding tert-OH is 8. The molecule has 26 nitrogen and oxygen atoms in total. The zero-order valence-corrected chi connectivity index (χ0v) is 35.0. The fourth-order valence-electron chi connectivity index (χ4n) is 7.60. The third-order valence-electron chi connectivity index (χ3n) is 10.8. The second kappa shape index (κ2) is 22.4. The maximum atomic E-state index is 12.8. The molecule has 4 fully saturated rings. The number of amides is 3. The number of carboxylic acid groups (broad SMARTS) is 1. The molecule has 4 rings (SSSR count). The van der Waals surface area contributed by atoms with Crippen molar-refractivity contribution >= 4 is 23.7 Å². The number of aliphatic hydroxyl groups is 8. The van der Waals surface area contributed by atoms with Crippen LogP contribution in [-0.2, 0) is 61.8 Å². The minimum Gasteiger partial charge on any atom is -0.477 e. The summed E-state index contributed by atoms with van der Waals surface area (Å²) in [6.07, 6.45) is -25.9. The molecule has 4 aliphatic rings. The molecule has 20 unspecified atom stereocenters. The molecule has 0 aromatic carbocycles. The molecule has 0 spiro atoms. The van der Waals surface area contributed by atoms with Gasteiger partial charge < -0.3 is 110 Å². The van der Waals surface area contributed by atoms with Gasteiger partial charge in [-0.2, -0.15) is 0 Å². The van der Waals surface area contributed by atoms with Crippen molar-refractivity contribution in [3.05, 3.63) is 0 Å². The first-order chi connectivity index (χ1) is 29.1. The molecule has 4 heterocycles. The highest BCUT2D eigenvalue weighted by molar-refractivity contribution is 5.75. The average Bonchev–Trinajstić information content (AvgIpc) is 3.59. The minimum absolute atomic E-state index is 0.0346. The lowest BCUT2D eigenvalue weighted by atomic mass is 9.93. The Labute approximate surface area is 355 Å².